The average molecular weight is 248 g/mol. The Labute approximate surface area is 110 Å². The molecule has 0 heterocycles. The molecular weight excluding hydrogens is 224 g/mol. The fraction of sp³-hybridized carbons (Fsp3) is 0.533. The number of carbonyl (C=O) groups is 1. The van der Waals surface area contributed by atoms with Crippen LogP contribution in [0, 0.1) is 5.41 Å². The molecule has 0 saturated carbocycles. The van der Waals surface area contributed by atoms with E-state index in [0.717, 1.165) is 11.3 Å². The van der Waals surface area contributed by atoms with Gasteiger partial charge in [0.15, 0.2) is 0 Å². The van der Waals surface area contributed by atoms with E-state index in [0.29, 0.717) is 0 Å². The quantitative estimate of drug-likeness (QED) is 0.890. The van der Waals surface area contributed by atoms with E-state index >= 15 is 0 Å². The van der Waals surface area contributed by atoms with Crippen LogP contribution >= 0.6 is 0 Å². The molecule has 0 radical (unpaired) electrons. The number of nitrogens with zero attached hydrogens (tertiary/aromatic N) is 1. The third kappa shape index (κ3) is 3.25. The number of nitrogens with one attached hydrogen (secondary N) is 1. The molecule has 1 unspecified atom stereocenters. The van der Waals surface area contributed by atoms with E-state index in [1.165, 1.54) is 0 Å². The van der Waals surface area contributed by atoms with E-state index in [9.17, 15) is 4.79 Å². The minimum Gasteiger partial charge on any atom is -0.388 e. The zero-order valence-electron chi connectivity index (χ0n) is 12.2. The van der Waals surface area contributed by atoms with Gasteiger partial charge in [-0.05, 0) is 36.6 Å². The molecule has 1 amide bonds. The highest BCUT2D eigenvalue weighted by molar-refractivity contribution is 5.94. The SMILES string of the molecule is CNc1ccc(C(=O)N(C)C(C)C(C)(C)C)cc1. The first-order valence-electron chi connectivity index (χ1n) is 6.32. The van der Waals surface area contributed by atoms with Crippen LogP contribution in [0.25, 0.3) is 0 Å². The monoisotopic (exact) mass is 248 g/mol. The lowest BCUT2D eigenvalue weighted by molar-refractivity contribution is 0.0629. The lowest BCUT2D eigenvalue weighted by Gasteiger charge is -2.35. The zero-order chi connectivity index (χ0) is 13.9. The Morgan fingerprint density at radius 1 is 1.22 bits per heavy atom. The largest absolute Gasteiger partial charge is 0.388 e. The molecule has 0 saturated heterocycles. The molecule has 0 aromatic heterocycles. The van der Waals surface area contributed by atoms with E-state index < -0.39 is 0 Å². The molecule has 0 aliphatic carbocycles. The van der Waals surface area contributed by atoms with Crippen molar-refractivity contribution in [1.82, 2.24) is 4.90 Å². The van der Waals surface area contributed by atoms with Crippen LogP contribution < -0.4 is 5.32 Å². The van der Waals surface area contributed by atoms with Gasteiger partial charge in [0.2, 0.25) is 0 Å². The fourth-order valence-corrected chi connectivity index (χ4v) is 1.74. The number of hydrogen-bond acceptors (Lipinski definition) is 2. The Morgan fingerprint density at radius 2 is 1.72 bits per heavy atom. The first kappa shape index (κ1) is 14.6. The van der Waals surface area contributed by atoms with Crippen molar-refractivity contribution in [2.75, 3.05) is 19.4 Å². The molecule has 0 spiro atoms. The Kier molecular flexibility index (Phi) is 4.38. The van der Waals surface area contributed by atoms with Crippen LogP contribution in [0.2, 0.25) is 0 Å². The Hall–Kier alpha value is -1.51. The molecule has 100 valence electrons. The molecule has 0 aliphatic rings. The second-order valence-electron chi connectivity index (χ2n) is 5.79. The third-order valence-electron chi connectivity index (χ3n) is 3.58. The number of carbonyl (C=O) groups excluding carboxylic acids is 1. The lowest BCUT2D eigenvalue weighted by Crippen LogP contribution is -2.42. The summed E-state index contributed by atoms with van der Waals surface area (Å²) < 4.78 is 0. The van der Waals surface area contributed by atoms with Crippen molar-refractivity contribution in [1.29, 1.82) is 0 Å². The van der Waals surface area contributed by atoms with Gasteiger partial charge in [-0.15, -0.1) is 0 Å². The van der Waals surface area contributed by atoms with Crippen LogP contribution in [-0.2, 0) is 0 Å². The van der Waals surface area contributed by atoms with Crippen LogP contribution in [-0.4, -0.2) is 30.9 Å². The van der Waals surface area contributed by atoms with Crippen LogP contribution in [0.1, 0.15) is 38.1 Å². The van der Waals surface area contributed by atoms with Crippen LogP contribution in [0.4, 0.5) is 5.69 Å². The van der Waals surface area contributed by atoms with E-state index in [1.54, 1.807) is 0 Å². The lowest BCUT2D eigenvalue weighted by atomic mass is 9.87. The maximum absolute atomic E-state index is 12.3. The number of anilines is 1. The van der Waals surface area contributed by atoms with Gasteiger partial charge in [0.05, 0.1) is 0 Å². The summed E-state index contributed by atoms with van der Waals surface area (Å²) in [7, 11) is 3.73. The predicted octanol–water partition coefficient (Wildman–Crippen LogP) is 3.23. The number of rotatable bonds is 3. The Bertz CT molecular complexity index is 403. The summed E-state index contributed by atoms with van der Waals surface area (Å²) in [4.78, 5) is 14.2. The molecule has 1 rings (SSSR count). The van der Waals surface area contributed by atoms with Crippen molar-refractivity contribution in [2.45, 2.75) is 33.7 Å². The van der Waals surface area contributed by atoms with E-state index in [1.807, 2.05) is 43.3 Å². The van der Waals surface area contributed by atoms with Crippen molar-refractivity contribution >= 4 is 11.6 Å². The summed E-state index contributed by atoms with van der Waals surface area (Å²) in [5.74, 6) is 0.0695. The van der Waals surface area contributed by atoms with E-state index in [4.69, 9.17) is 0 Å². The summed E-state index contributed by atoms with van der Waals surface area (Å²) in [6.45, 7) is 8.52. The van der Waals surface area contributed by atoms with Crippen molar-refractivity contribution < 1.29 is 4.79 Å². The van der Waals surface area contributed by atoms with Gasteiger partial charge in [0.25, 0.3) is 5.91 Å². The van der Waals surface area contributed by atoms with Crippen LogP contribution in [0.5, 0.6) is 0 Å². The van der Waals surface area contributed by atoms with E-state index in [2.05, 4.69) is 33.0 Å². The topological polar surface area (TPSA) is 32.3 Å². The number of amides is 1. The molecule has 0 aliphatic heterocycles. The minimum atomic E-state index is 0.0695. The van der Waals surface area contributed by atoms with Crippen molar-refractivity contribution in [2.24, 2.45) is 5.41 Å². The van der Waals surface area contributed by atoms with Gasteiger partial charge in [-0.25, -0.2) is 0 Å². The molecule has 1 aromatic rings. The highest BCUT2D eigenvalue weighted by atomic mass is 16.2. The summed E-state index contributed by atoms with van der Waals surface area (Å²) in [6.07, 6.45) is 0. The standard InChI is InChI=1S/C15H24N2O/c1-11(15(2,3)4)17(6)14(18)12-7-9-13(16-5)10-8-12/h7-11,16H,1-6H3. The normalized spacial score (nSPS) is 13.0. The van der Waals surface area contributed by atoms with Crippen molar-refractivity contribution in [3.05, 3.63) is 29.8 Å². The molecule has 1 N–H and O–H groups in total. The second kappa shape index (κ2) is 5.42. The first-order chi connectivity index (χ1) is 8.27. The van der Waals surface area contributed by atoms with Crippen LogP contribution in [0.15, 0.2) is 24.3 Å². The van der Waals surface area contributed by atoms with Gasteiger partial charge in [-0.3, -0.25) is 4.79 Å². The van der Waals surface area contributed by atoms with Crippen molar-refractivity contribution in [3.8, 4) is 0 Å². The average Bonchev–Trinajstić information content (AvgIpc) is 2.35. The molecule has 3 heteroatoms. The highest BCUT2D eigenvalue weighted by Crippen LogP contribution is 2.24. The van der Waals surface area contributed by atoms with Crippen molar-refractivity contribution in [3.63, 3.8) is 0 Å². The van der Waals surface area contributed by atoms with Gasteiger partial charge in [-0.1, -0.05) is 20.8 Å². The molecule has 1 atom stereocenters. The predicted molar refractivity (Wildman–Crippen MR) is 77.0 cm³/mol. The molecule has 0 fully saturated rings. The van der Waals surface area contributed by atoms with E-state index in [-0.39, 0.29) is 17.4 Å². The highest BCUT2D eigenvalue weighted by Gasteiger charge is 2.27. The number of benzene rings is 1. The zero-order valence-corrected chi connectivity index (χ0v) is 12.2. The second-order valence-corrected chi connectivity index (χ2v) is 5.79. The maximum Gasteiger partial charge on any atom is 0.253 e. The third-order valence-corrected chi connectivity index (χ3v) is 3.58. The maximum atomic E-state index is 12.3. The van der Waals surface area contributed by atoms with Gasteiger partial charge < -0.3 is 10.2 Å². The summed E-state index contributed by atoms with van der Waals surface area (Å²) >= 11 is 0. The fourth-order valence-electron chi connectivity index (χ4n) is 1.74. The smallest absolute Gasteiger partial charge is 0.253 e. The van der Waals surface area contributed by atoms with Gasteiger partial charge in [-0.2, -0.15) is 0 Å². The summed E-state index contributed by atoms with van der Waals surface area (Å²) in [6, 6.07) is 7.75. The molecule has 0 bridgehead atoms. The van der Waals surface area contributed by atoms with Gasteiger partial charge >= 0.3 is 0 Å². The number of hydrogen-bond donors (Lipinski definition) is 1. The molecule has 1 aromatic carbocycles. The molecule has 3 nitrogen and oxygen atoms in total. The Balaban J connectivity index is 2.86. The van der Waals surface area contributed by atoms with Crippen LogP contribution in [0.3, 0.4) is 0 Å². The summed E-state index contributed by atoms with van der Waals surface area (Å²) in [5.41, 5.74) is 1.82. The molecule has 18 heavy (non-hydrogen) atoms. The summed E-state index contributed by atoms with van der Waals surface area (Å²) in [5, 5.41) is 3.04. The molecular formula is C15H24N2O. The first-order valence-corrected chi connectivity index (χ1v) is 6.32. The van der Waals surface area contributed by atoms with Gasteiger partial charge in [0, 0.05) is 31.4 Å². The minimum absolute atomic E-state index is 0.0695. The Morgan fingerprint density at radius 3 is 2.11 bits per heavy atom. The van der Waals surface area contributed by atoms with Gasteiger partial charge in [0.1, 0.15) is 0 Å².